The van der Waals surface area contributed by atoms with Crippen LogP contribution >= 0.6 is 15.9 Å². The van der Waals surface area contributed by atoms with Crippen molar-refractivity contribution >= 4 is 33.2 Å². The van der Waals surface area contributed by atoms with Gasteiger partial charge in [0.2, 0.25) is 0 Å². The molecule has 1 atom stereocenters. The number of ketones is 2. The van der Waals surface area contributed by atoms with Crippen LogP contribution in [0.3, 0.4) is 0 Å². The van der Waals surface area contributed by atoms with Crippen LogP contribution < -0.4 is 4.74 Å². The molecule has 0 amide bonds. The molecule has 0 aliphatic heterocycles. The third-order valence-electron chi connectivity index (χ3n) is 3.20. The third kappa shape index (κ3) is 3.81. The Morgan fingerprint density at radius 2 is 1.43 bits per heavy atom. The summed E-state index contributed by atoms with van der Waals surface area (Å²) in [6.45, 7) is 0. The number of hydrogen-bond acceptors (Lipinski definition) is 5. The number of methoxy groups -OCH3 is 1. The number of hydrogen-bond donors (Lipinski definition) is 0. The van der Waals surface area contributed by atoms with Crippen molar-refractivity contribution < 1.29 is 19.2 Å². The van der Waals surface area contributed by atoms with Crippen LogP contribution in [0.25, 0.3) is 0 Å². The summed E-state index contributed by atoms with van der Waals surface area (Å²) in [5, 5.41) is 10.6. The fourth-order valence-electron chi connectivity index (χ4n) is 1.91. The summed E-state index contributed by atoms with van der Waals surface area (Å²) >= 11 is 3.10. The van der Waals surface area contributed by atoms with Gasteiger partial charge >= 0.3 is 0 Å². The van der Waals surface area contributed by atoms with Gasteiger partial charge in [0.05, 0.1) is 12.0 Å². The molecule has 0 bridgehead atoms. The van der Waals surface area contributed by atoms with Crippen LogP contribution in [0.4, 0.5) is 5.69 Å². The van der Waals surface area contributed by atoms with Gasteiger partial charge < -0.3 is 4.74 Å². The first-order valence-electron chi connectivity index (χ1n) is 6.55. The minimum absolute atomic E-state index is 0.117. The summed E-state index contributed by atoms with van der Waals surface area (Å²) in [4.78, 5) is 33.6. The van der Waals surface area contributed by atoms with Crippen LogP contribution in [0.15, 0.2) is 48.5 Å². The standard InChI is InChI=1S/C16H12BrNO5/c1-23-13-8-4-11(5-9-13)16(20)14(17)15(19)10-2-6-12(7-3-10)18(21)22/h2-9,14H,1H3/t14-/m1/s1. The molecule has 6 nitrogen and oxygen atoms in total. The van der Waals surface area contributed by atoms with E-state index in [-0.39, 0.29) is 11.3 Å². The van der Waals surface area contributed by atoms with Crippen molar-refractivity contribution in [2.45, 2.75) is 4.83 Å². The number of non-ortho nitro benzene ring substituents is 1. The molecule has 118 valence electrons. The van der Waals surface area contributed by atoms with E-state index >= 15 is 0 Å². The Balaban J connectivity index is 2.17. The summed E-state index contributed by atoms with van der Waals surface area (Å²) in [5.74, 6) is -0.244. The number of alkyl halides is 1. The molecule has 2 aromatic carbocycles. The third-order valence-corrected chi connectivity index (χ3v) is 4.03. The summed E-state index contributed by atoms with van der Waals surface area (Å²) in [7, 11) is 1.52. The van der Waals surface area contributed by atoms with Gasteiger partial charge in [0.15, 0.2) is 11.6 Å². The van der Waals surface area contributed by atoms with E-state index in [2.05, 4.69) is 15.9 Å². The highest BCUT2D eigenvalue weighted by molar-refractivity contribution is 9.10. The van der Waals surface area contributed by atoms with E-state index in [1.165, 1.54) is 31.4 Å². The van der Waals surface area contributed by atoms with Gasteiger partial charge in [0.25, 0.3) is 5.69 Å². The van der Waals surface area contributed by atoms with Gasteiger partial charge in [-0.3, -0.25) is 19.7 Å². The summed E-state index contributed by atoms with van der Waals surface area (Å²) in [5.41, 5.74) is 0.469. The summed E-state index contributed by atoms with van der Waals surface area (Å²) in [6, 6.07) is 11.5. The predicted molar refractivity (Wildman–Crippen MR) is 87.5 cm³/mol. The fourth-order valence-corrected chi connectivity index (χ4v) is 2.44. The second-order valence-electron chi connectivity index (χ2n) is 4.62. The fraction of sp³-hybridized carbons (Fsp3) is 0.125. The maximum atomic E-state index is 12.3. The number of nitro groups is 1. The summed E-state index contributed by atoms with van der Waals surface area (Å²) < 4.78 is 5.01. The Hall–Kier alpha value is -2.54. The summed E-state index contributed by atoms with van der Waals surface area (Å²) in [6.07, 6.45) is 0. The maximum Gasteiger partial charge on any atom is 0.269 e. The quantitative estimate of drug-likeness (QED) is 0.253. The first-order chi connectivity index (χ1) is 10.9. The predicted octanol–water partition coefficient (Wildman–Crippen LogP) is 3.43. The van der Waals surface area contributed by atoms with Gasteiger partial charge in [-0.1, -0.05) is 15.9 Å². The molecule has 0 radical (unpaired) electrons. The molecule has 0 aliphatic carbocycles. The Bertz CT molecular complexity index is 740. The molecule has 23 heavy (non-hydrogen) atoms. The van der Waals surface area contributed by atoms with Gasteiger partial charge in [0, 0.05) is 23.3 Å². The Kier molecular flexibility index (Phi) is 5.23. The van der Waals surface area contributed by atoms with Gasteiger partial charge in [0.1, 0.15) is 10.6 Å². The van der Waals surface area contributed by atoms with Crippen molar-refractivity contribution in [2.75, 3.05) is 7.11 Å². The SMILES string of the molecule is COc1ccc(C(=O)[C@H](Br)C(=O)c2ccc([N+](=O)[O-])cc2)cc1. The molecule has 0 aromatic heterocycles. The number of carbonyl (C=O) groups excluding carboxylic acids is 2. The molecule has 0 N–H and O–H groups in total. The molecule has 0 aliphatic rings. The van der Waals surface area contributed by atoms with Crippen molar-refractivity contribution in [3.8, 4) is 5.75 Å². The molecule has 0 fully saturated rings. The molecule has 2 aromatic rings. The highest BCUT2D eigenvalue weighted by Gasteiger charge is 2.26. The van der Waals surface area contributed by atoms with E-state index in [1.807, 2.05) is 0 Å². The molecule has 0 spiro atoms. The lowest BCUT2D eigenvalue weighted by atomic mass is 10.0. The minimum atomic E-state index is -1.06. The average molecular weight is 378 g/mol. The zero-order valence-electron chi connectivity index (χ0n) is 12.1. The zero-order chi connectivity index (χ0) is 17.0. The van der Waals surface area contributed by atoms with Crippen LogP contribution in [0, 0.1) is 10.1 Å². The van der Waals surface area contributed by atoms with Crippen molar-refractivity contribution in [3.05, 3.63) is 69.8 Å². The number of carbonyl (C=O) groups is 2. The number of halogens is 1. The van der Waals surface area contributed by atoms with Crippen LogP contribution in [0.5, 0.6) is 5.75 Å². The van der Waals surface area contributed by atoms with E-state index in [1.54, 1.807) is 24.3 Å². The topological polar surface area (TPSA) is 86.5 Å². The molecule has 7 heteroatoms. The number of Topliss-reactive ketones (excluding diaryl/α,β-unsaturated/α-hetero) is 2. The molecular formula is C16H12BrNO5. The smallest absolute Gasteiger partial charge is 0.269 e. The Morgan fingerprint density at radius 1 is 1.00 bits per heavy atom. The minimum Gasteiger partial charge on any atom is -0.497 e. The lowest BCUT2D eigenvalue weighted by Crippen LogP contribution is -2.24. The molecule has 0 heterocycles. The van der Waals surface area contributed by atoms with Gasteiger partial charge in [-0.2, -0.15) is 0 Å². The highest BCUT2D eigenvalue weighted by atomic mass is 79.9. The van der Waals surface area contributed by atoms with Crippen LogP contribution in [-0.2, 0) is 0 Å². The normalized spacial score (nSPS) is 11.6. The maximum absolute atomic E-state index is 12.3. The van der Waals surface area contributed by atoms with Crippen molar-refractivity contribution in [3.63, 3.8) is 0 Å². The van der Waals surface area contributed by atoms with E-state index in [4.69, 9.17) is 4.74 Å². The molecule has 0 saturated heterocycles. The second kappa shape index (κ2) is 7.15. The molecular weight excluding hydrogens is 366 g/mol. The number of nitrogens with zero attached hydrogens (tertiary/aromatic N) is 1. The van der Waals surface area contributed by atoms with Gasteiger partial charge in [-0.25, -0.2) is 0 Å². The number of ether oxygens (including phenoxy) is 1. The second-order valence-corrected chi connectivity index (χ2v) is 5.54. The van der Waals surface area contributed by atoms with Crippen LogP contribution in [0.1, 0.15) is 20.7 Å². The van der Waals surface area contributed by atoms with E-state index in [9.17, 15) is 19.7 Å². The zero-order valence-corrected chi connectivity index (χ0v) is 13.6. The van der Waals surface area contributed by atoms with Gasteiger partial charge in [-0.05, 0) is 36.4 Å². The van der Waals surface area contributed by atoms with Crippen molar-refractivity contribution in [1.29, 1.82) is 0 Å². The monoisotopic (exact) mass is 377 g/mol. The van der Waals surface area contributed by atoms with Crippen molar-refractivity contribution in [1.82, 2.24) is 0 Å². The van der Waals surface area contributed by atoms with E-state index < -0.39 is 21.3 Å². The Labute approximate surface area is 140 Å². The van der Waals surface area contributed by atoms with Crippen LogP contribution in [-0.4, -0.2) is 28.4 Å². The van der Waals surface area contributed by atoms with Gasteiger partial charge in [-0.15, -0.1) is 0 Å². The van der Waals surface area contributed by atoms with E-state index in [0.717, 1.165) is 0 Å². The largest absolute Gasteiger partial charge is 0.497 e. The first kappa shape index (κ1) is 16.8. The lowest BCUT2D eigenvalue weighted by molar-refractivity contribution is -0.384. The number of nitro benzene ring substituents is 1. The Morgan fingerprint density at radius 3 is 1.83 bits per heavy atom. The molecule has 0 saturated carbocycles. The highest BCUT2D eigenvalue weighted by Crippen LogP contribution is 2.20. The molecule has 2 rings (SSSR count). The molecule has 0 unspecified atom stereocenters. The van der Waals surface area contributed by atoms with Crippen LogP contribution in [0.2, 0.25) is 0 Å². The first-order valence-corrected chi connectivity index (χ1v) is 7.46. The van der Waals surface area contributed by atoms with Crippen molar-refractivity contribution in [2.24, 2.45) is 0 Å². The van der Waals surface area contributed by atoms with E-state index in [0.29, 0.717) is 11.3 Å². The number of rotatable bonds is 6. The average Bonchev–Trinajstić information content (AvgIpc) is 2.60. The number of benzene rings is 2. The lowest BCUT2D eigenvalue weighted by Gasteiger charge is -2.09.